The minimum absolute atomic E-state index is 0.0211. The number of amides is 1. The van der Waals surface area contributed by atoms with Gasteiger partial charge in [-0.15, -0.1) is 0 Å². The zero-order valence-corrected chi connectivity index (χ0v) is 11.4. The molecule has 0 bridgehead atoms. The van der Waals surface area contributed by atoms with Gasteiger partial charge in [0, 0.05) is 13.0 Å². The van der Waals surface area contributed by atoms with Crippen LogP contribution in [0.1, 0.15) is 38.5 Å². The van der Waals surface area contributed by atoms with Gasteiger partial charge in [0.05, 0.1) is 0 Å². The molecule has 0 aromatic rings. The van der Waals surface area contributed by atoms with Crippen molar-refractivity contribution < 1.29 is 14.7 Å². The second kappa shape index (κ2) is 6.89. The molecular weight excluding hydrogens is 244 g/mol. The fraction of sp³-hybridized carbons (Fsp3) is 0.857. The third-order valence-electron chi connectivity index (χ3n) is 4.08. The molecule has 1 aliphatic carbocycles. The van der Waals surface area contributed by atoms with E-state index in [1.807, 2.05) is 0 Å². The predicted octanol–water partition coefficient (Wildman–Crippen LogP) is 1.09. The summed E-state index contributed by atoms with van der Waals surface area (Å²) in [4.78, 5) is 24.5. The molecule has 0 unspecified atom stereocenters. The van der Waals surface area contributed by atoms with Gasteiger partial charge in [-0.2, -0.15) is 0 Å². The Morgan fingerprint density at radius 1 is 1.11 bits per heavy atom. The van der Waals surface area contributed by atoms with Gasteiger partial charge in [-0.1, -0.05) is 0 Å². The lowest BCUT2D eigenvalue weighted by molar-refractivity contribution is -0.144. The highest BCUT2D eigenvalue weighted by Gasteiger charge is 2.28. The van der Waals surface area contributed by atoms with Crippen LogP contribution in [0.3, 0.4) is 0 Å². The standard InChI is InChI=1S/C14H24N2O3/c17-13(4-3-11-5-7-15-8-6-11)16(10-14(18)19)9-12-1-2-12/h11-12,15H,1-10H2,(H,18,19). The first-order valence-corrected chi connectivity index (χ1v) is 7.35. The van der Waals surface area contributed by atoms with E-state index in [9.17, 15) is 9.59 Å². The molecule has 0 aromatic heterocycles. The van der Waals surface area contributed by atoms with E-state index in [0.717, 1.165) is 45.2 Å². The number of nitrogens with zero attached hydrogens (tertiary/aromatic N) is 1. The number of carboxylic acids is 1. The first kappa shape index (κ1) is 14.3. The fourth-order valence-electron chi connectivity index (χ4n) is 2.69. The molecule has 0 atom stereocenters. The van der Waals surface area contributed by atoms with E-state index < -0.39 is 5.97 Å². The summed E-state index contributed by atoms with van der Waals surface area (Å²) in [6, 6.07) is 0. The molecule has 19 heavy (non-hydrogen) atoms. The Bertz CT molecular complexity index is 323. The third kappa shape index (κ3) is 5.19. The van der Waals surface area contributed by atoms with Crippen molar-refractivity contribution in [3.8, 4) is 0 Å². The van der Waals surface area contributed by atoms with Crippen LogP contribution in [0.15, 0.2) is 0 Å². The van der Waals surface area contributed by atoms with Crippen molar-refractivity contribution in [3.05, 3.63) is 0 Å². The lowest BCUT2D eigenvalue weighted by Gasteiger charge is -2.24. The number of aliphatic carboxylic acids is 1. The molecule has 108 valence electrons. The second-order valence-corrected chi connectivity index (χ2v) is 5.84. The van der Waals surface area contributed by atoms with Gasteiger partial charge in [-0.05, 0) is 57.0 Å². The number of carbonyl (C=O) groups is 2. The molecule has 1 amide bonds. The van der Waals surface area contributed by atoms with E-state index in [1.54, 1.807) is 4.90 Å². The minimum atomic E-state index is -0.907. The highest BCUT2D eigenvalue weighted by Crippen LogP contribution is 2.30. The normalized spacial score (nSPS) is 20.2. The molecule has 2 aliphatic rings. The smallest absolute Gasteiger partial charge is 0.323 e. The maximum absolute atomic E-state index is 12.1. The average molecular weight is 268 g/mol. The van der Waals surface area contributed by atoms with E-state index in [0.29, 0.717) is 24.8 Å². The summed E-state index contributed by atoms with van der Waals surface area (Å²) < 4.78 is 0. The first-order valence-electron chi connectivity index (χ1n) is 7.35. The van der Waals surface area contributed by atoms with Gasteiger partial charge >= 0.3 is 5.97 Å². The molecule has 1 saturated heterocycles. The summed E-state index contributed by atoms with van der Waals surface area (Å²) in [5.74, 6) is 0.281. The summed E-state index contributed by atoms with van der Waals surface area (Å²) in [5.41, 5.74) is 0. The fourth-order valence-corrected chi connectivity index (χ4v) is 2.69. The van der Waals surface area contributed by atoms with Crippen LogP contribution in [0.5, 0.6) is 0 Å². The van der Waals surface area contributed by atoms with Crippen LogP contribution in [0.2, 0.25) is 0 Å². The number of hydrogen-bond donors (Lipinski definition) is 2. The van der Waals surface area contributed by atoms with Gasteiger partial charge < -0.3 is 15.3 Å². The van der Waals surface area contributed by atoms with Crippen molar-refractivity contribution in [2.75, 3.05) is 26.2 Å². The molecule has 1 heterocycles. The van der Waals surface area contributed by atoms with E-state index in [-0.39, 0.29) is 12.5 Å². The molecule has 5 heteroatoms. The Hall–Kier alpha value is -1.10. The Kier molecular flexibility index (Phi) is 5.19. The molecule has 1 saturated carbocycles. The van der Waals surface area contributed by atoms with Crippen molar-refractivity contribution in [2.45, 2.75) is 38.5 Å². The molecule has 0 spiro atoms. The van der Waals surface area contributed by atoms with Crippen molar-refractivity contribution in [1.29, 1.82) is 0 Å². The summed E-state index contributed by atoms with van der Waals surface area (Å²) in [6.45, 7) is 2.58. The molecule has 2 rings (SSSR count). The Labute approximate surface area is 114 Å². The van der Waals surface area contributed by atoms with Crippen LogP contribution in [0, 0.1) is 11.8 Å². The molecule has 1 aliphatic heterocycles. The van der Waals surface area contributed by atoms with Crippen LogP contribution in [0.25, 0.3) is 0 Å². The topological polar surface area (TPSA) is 69.6 Å². The lowest BCUT2D eigenvalue weighted by Crippen LogP contribution is -2.37. The van der Waals surface area contributed by atoms with Crippen LogP contribution in [-0.2, 0) is 9.59 Å². The van der Waals surface area contributed by atoms with Crippen LogP contribution in [0.4, 0.5) is 0 Å². The number of rotatable bonds is 7. The Balaban J connectivity index is 1.74. The van der Waals surface area contributed by atoms with Crippen LogP contribution < -0.4 is 5.32 Å². The van der Waals surface area contributed by atoms with Crippen molar-refractivity contribution in [3.63, 3.8) is 0 Å². The van der Waals surface area contributed by atoms with E-state index in [2.05, 4.69) is 5.32 Å². The van der Waals surface area contributed by atoms with Crippen molar-refractivity contribution in [1.82, 2.24) is 10.2 Å². The summed E-state index contributed by atoms with van der Waals surface area (Å²) in [6.07, 6.45) is 5.95. The second-order valence-electron chi connectivity index (χ2n) is 5.84. The third-order valence-corrected chi connectivity index (χ3v) is 4.08. The SMILES string of the molecule is O=C(O)CN(CC1CC1)C(=O)CCC1CCNCC1. The number of hydrogen-bond acceptors (Lipinski definition) is 3. The van der Waals surface area contributed by atoms with Crippen molar-refractivity contribution in [2.24, 2.45) is 11.8 Å². The maximum atomic E-state index is 12.1. The van der Waals surface area contributed by atoms with Crippen molar-refractivity contribution >= 4 is 11.9 Å². The largest absolute Gasteiger partial charge is 0.480 e. The quantitative estimate of drug-likeness (QED) is 0.725. The Morgan fingerprint density at radius 2 is 1.79 bits per heavy atom. The first-order chi connectivity index (χ1) is 9.15. The molecule has 2 N–H and O–H groups in total. The minimum Gasteiger partial charge on any atom is -0.480 e. The highest BCUT2D eigenvalue weighted by molar-refractivity contribution is 5.81. The monoisotopic (exact) mass is 268 g/mol. The molecular formula is C14H24N2O3. The number of piperidine rings is 1. The zero-order chi connectivity index (χ0) is 13.7. The molecule has 0 radical (unpaired) electrons. The number of nitrogens with one attached hydrogen (secondary N) is 1. The molecule has 0 aromatic carbocycles. The molecule has 2 fully saturated rings. The summed E-state index contributed by atoms with van der Waals surface area (Å²) in [7, 11) is 0. The number of carboxylic acid groups (broad SMARTS) is 1. The van der Waals surface area contributed by atoms with E-state index >= 15 is 0 Å². The average Bonchev–Trinajstić information content (AvgIpc) is 3.20. The summed E-state index contributed by atoms with van der Waals surface area (Å²) in [5, 5.41) is 12.2. The van der Waals surface area contributed by atoms with E-state index in [1.165, 1.54) is 0 Å². The van der Waals surface area contributed by atoms with Gasteiger partial charge in [0.15, 0.2) is 0 Å². The maximum Gasteiger partial charge on any atom is 0.323 e. The van der Waals surface area contributed by atoms with E-state index in [4.69, 9.17) is 5.11 Å². The van der Waals surface area contributed by atoms with Gasteiger partial charge in [0.2, 0.25) is 5.91 Å². The van der Waals surface area contributed by atoms with Crippen LogP contribution >= 0.6 is 0 Å². The predicted molar refractivity (Wildman–Crippen MR) is 71.8 cm³/mol. The van der Waals surface area contributed by atoms with Gasteiger partial charge in [-0.25, -0.2) is 0 Å². The molecule has 5 nitrogen and oxygen atoms in total. The lowest BCUT2D eigenvalue weighted by atomic mass is 9.93. The zero-order valence-electron chi connectivity index (χ0n) is 11.4. The number of carbonyl (C=O) groups excluding carboxylic acids is 1. The van der Waals surface area contributed by atoms with Gasteiger partial charge in [-0.3, -0.25) is 9.59 Å². The van der Waals surface area contributed by atoms with Gasteiger partial charge in [0.1, 0.15) is 6.54 Å². The summed E-state index contributed by atoms with van der Waals surface area (Å²) >= 11 is 0. The Morgan fingerprint density at radius 3 is 2.37 bits per heavy atom. The van der Waals surface area contributed by atoms with Gasteiger partial charge in [0.25, 0.3) is 0 Å². The van der Waals surface area contributed by atoms with Crippen LogP contribution in [-0.4, -0.2) is 48.1 Å². The highest BCUT2D eigenvalue weighted by atomic mass is 16.4.